The summed E-state index contributed by atoms with van der Waals surface area (Å²) < 4.78 is 5.93. The molecule has 0 bridgehead atoms. The van der Waals surface area contributed by atoms with Crippen LogP contribution in [-0.4, -0.2) is 39.0 Å². The van der Waals surface area contributed by atoms with E-state index in [1.165, 1.54) is 0 Å². The average Bonchev–Trinajstić information content (AvgIpc) is 3.02. The van der Waals surface area contributed by atoms with E-state index in [2.05, 4.69) is 4.98 Å². The molecule has 2 aliphatic heterocycles. The summed E-state index contributed by atoms with van der Waals surface area (Å²) >= 11 is 0. The van der Waals surface area contributed by atoms with Crippen molar-refractivity contribution in [2.75, 3.05) is 0 Å². The molecule has 2 saturated heterocycles. The van der Waals surface area contributed by atoms with Gasteiger partial charge in [0, 0.05) is 17.4 Å². The summed E-state index contributed by atoms with van der Waals surface area (Å²) in [5, 5.41) is 9.08. The lowest BCUT2D eigenvalue weighted by Gasteiger charge is -2.36. The number of pyridine rings is 1. The highest BCUT2D eigenvalue weighted by Crippen LogP contribution is 2.44. The molecule has 1 aromatic heterocycles. The van der Waals surface area contributed by atoms with Crippen LogP contribution in [0.5, 0.6) is 5.75 Å². The van der Waals surface area contributed by atoms with Crippen molar-refractivity contribution < 1.29 is 19.5 Å². The third-order valence-corrected chi connectivity index (χ3v) is 6.55. The van der Waals surface area contributed by atoms with Gasteiger partial charge in [-0.25, -0.2) is 5.48 Å². The fourth-order valence-electron chi connectivity index (χ4n) is 5.09. The molecule has 31 heavy (non-hydrogen) atoms. The van der Waals surface area contributed by atoms with Gasteiger partial charge in [0.2, 0.25) is 5.91 Å². The van der Waals surface area contributed by atoms with Gasteiger partial charge in [0.1, 0.15) is 18.4 Å². The zero-order chi connectivity index (χ0) is 22.2. The van der Waals surface area contributed by atoms with E-state index >= 15 is 0 Å². The molecule has 0 saturated carbocycles. The molecule has 2 fully saturated rings. The van der Waals surface area contributed by atoms with Gasteiger partial charge >= 0.3 is 0 Å². The molecule has 2 N–H and O–H groups in total. The monoisotopic (exact) mass is 423 g/mol. The maximum Gasteiger partial charge on any atom is 0.266 e. The van der Waals surface area contributed by atoms with Crippen LogP contribution in [0.4, 0.5) is 0 Å². The molecule has 7 heteroatoms. The second-order valence-electron chi connectivity index (χ2n) is 8.90. The minimum absolute atomic E-state index is 0.0163. The molecular formula is C24H29N3O4. The number of carbonyl (C=O) groups excluding carboxylic acids is 2. The lowest BCUT2D eigenvalue weighted by molar-refractivity contribution is -0.147. The molecule has 3 heterocycles. The first kappa shape index (κ1) is 21.3. The predicted molar refractivity (Wildman–Crippen MR) is 115 cm³/mol. The van der Waals surface area contributed by atoms with Crippen molar-refractivity contribution in [3.05, 3.63) is 58.9 Å². The number of fused-ring (bicyclic) bond motifs is 1. The minimum atomic E-state index is -0.694. The number of benzene rings is 1. The maximum absolute atomic E-state index is 13.4. The lowest BCUT2D eigenvalue weighted by atomic mass is 9.79. The van der Waals surface area contributed by atoms with Gasteiger partial charge in [0.15, 0.2) is 0 Å². The van der Waals surface area contributed by atoms with E-state index in [4.69, 9.17) is 9.94 Å². The zero-order valence-corrected chi connectivity index (χ0v) is 18.2. The molecule has 0 unspecified atom stereocenters. The summed E-state index contributed by atoms with van der Waals surface area (Å²) in [6.45, 7) is 6.33. The lowest BCUT2D eigenvalue weighted by Crippen LogP contribution is -2.53. The number of hydroxylamine groups is 1. The van der Waals surface area contributed by atoms with Gasteiger partial charge in [0.05, 0.1) is 5.41 Å². The number of rotatable bonds is 5. The smallest absolute Gasteiger partial charge is 0.266 e. The van der Waals surface area contributed by atoms with Crippen molar-refractivity contribution in [1.82, 2.24) is 15.4 Å². The van der Waals surface area contributed by atoms with Gasteiger partial charge in [-0.3, -0.25) is 19.8 Å². The highest BCUT2D eigenvalue weighted by Gasteiger charge is 2.53. The standard InChI is InChI=1S/C24H29N3O4/c1-15-11-17(12-16(2)25-15)14-31-20-9-7-18(8-10-20)24(3)13-19-5-4-6-21(22(28)26-30)27(19)23(24)29/h7-12,19,21,30H,4-6,13-14H2,1-3H3,(H,26,28)/t19-,21-,24+/m1/s1. The Labute approximate surface area is 182 Å². The number of nitrogens with one attached hydrogen (secondary N) is 1. The van der Waals surface area contributed by atoms with Crippen molar-refractivity contribution in [2.45, 2.75) is 70.6 Å². The van der Waals surface area contributed by atoms with Gasteiger partial charge in [-0.15, -0.1) is 0 Å². The van der Waals surface area contributed by atoms with Crippen LogP contribution >= 0.6 is 0 Å². The van der Waals surface area contributed by atoms with Crippen LogP contribution in [-0.2, 0) is 21.6 Å². The Morgan fingerprint density at radius 1 is 1.23 bits per heavy atom. The van der Waals surface area contributed by atoms with E-state index in [0.29, 0.717) is 19.4 Å². The Morgan fingerprint density at radius 2 is 1.90 bits per heavy atom. The quantitative estimate of drug-likeness (QED) is 0.569. The number of carbonyl (C=O) groups is 2. The largest absolute Gasteiger partial charge is 0.489 e. The second kappa shape index (κ2) is 8.30. The summed E-state index contributed by atoms with van der Waals surface area (Å²) in [4.78, 5) is 31.6. The molecule has 2 aromatic rings. The number of nitrogens with zero attached hydrogens (tertiary/aromatic N) is 2. The molecule has 3 atom stereocenters. The van der Waals surface area contributed by atoms with E-state index in [0.717, 1.165) is 41.1 Å². The Balaban J connectivity index is 1.49. The molecule has 4 rings (SSSR count). The van der Waals surface area contributed by atoms with Crippen LogP contribution in [0.15, 0.2) is 36.4 Å². The first-order valence-electron chi connectivity index (χ1n) is 10.8. The summed E-state index contributed by atoms with van der Waals surface area (Å²) in [5.41, 5.74) is 4.94. The molecule has 1 aromatic carbocycles. The topological polar surface area (TPSA) is 91.8 Å². The number of aryl methyl sites for hydroxylation is 2. The predicted octanol–water partition coefficient (Wildman–Crippen LogP) is 3.19. The molecule has 2 amide bonds. The van der Waals surface area contributed by atoms with E-state index in [1.54, 1.807) is 10.4 Å². The normalized spacial score (nSPS) is 25.3. The van der Waals surface area contributed by atoms with Crippen LogP contribution in [0, 0.1) is 13.8 Å². The molecule has 0 radical (unpaired) electrons. The highest BCUT2D eigenvalue weighted by atomic mass is 16.5. The minimum Gasteiger partial charge on any atom is -0.489 e. The summed E-state index contributed by atoms with van der Waals surface area (Å²) in [7, 11) is 0. The third kappa shape index (κ3) is 4.02. The van der Waals surface area contributed by atoms with E-state index < -0.39 is 17.4 Å². The van der Waals surface area contributed by atoms with E-state index in [1.807, 2.05) is 57.2 Å². The molecular weight excluding hydrogens is 394 g/mol. The number of aromatic nitrogens is 1. The fraction of sp³-hybridized carbons (Fsp3) is 0.458. The number of ether oxygens (including phenoxy) is 1. The molecule has 164 valence electrons. The molecule has 0 aliphatic carbocycles. The van der Waals surface area contributed by atoms with Gasteiger partial charge in [-0.2, -0.15) is 0 Å². The maximum atomic E-state index is 13.4. The van der Waals surface area contributed by atoms with Gasteiger partial charge in [-0.05, 0) is 81.8 Å². The van der Waals surface area contributed by atoms with Crippen LogP contribution < -0.4 is 10.2 Å². The van der Waals surface area contributed by atoms with Crippen LogP contribution in [0.25, 0.3) is 0 Å². The van der Waals surface area contributed by atoms with Crippen molar-refractivity contribution in [1.29, 1.82) is 0 Å². The Bertz CT molecular complexity index is 971. The molecule has 2 aliphatic rings. The number of hydrogen-bond acceptors (Lipinski definition) is 5. The van der Waals surface area contributed by atoms with Crippen molar-refractivity contribution in [3.8, 4) is 5.75 Å². The summed E-state index contributed by atoms with van der Waals surface area (Å²) in [6, 6.07) is 11.1. The van der Waals surface area contributed by atoms with Gasteiger partial charge in [0.25, 0.3) is 5.91 Å². The van der Waals surface area contributed by atoms with Crippen molar-refractivity contribution in [2.24, 2.45) is 0 Å². The van der Waals surface area contributed by atoms with Crippen molar-refractivity contribution >= 4 is 11.8 Å². The average molecular weight is 424 g/mol. The SMILES string of the molecule is Cc1cc(COc2ccc([C@]3(C)C[C@H]4CCC[C@H](C(=O)NO)N4C3=O)cc2)cc(C)n1. The van der Waals surface area contributed by atoms with Gasteiger partial charge < -0.3 is 9.64 Å². The van der Waals surface area contributed by atoms with Crippen LogP contribution in [0.3, 0.4) is 0 Å². The van der Waals surface area contributed by atoms with Gasteiger partial charge in [-0.1, -0.05) is 12.1 Å². The third-order valence-electron chi connectivity index (χ3n) is 6.55. The summed E-state index contributed by atoms with van der Waals surface area (Å²) in [6.07, 6.45) is 2.98. The molecule has 7 nitrogen and oxygen atoms in total. The fourth-order valence-corrected chi connectivity index (χ4v) is 5.09. The van der Waals surface area contributed by atoms with E-state index in [9.17, 15) is 9.59 Å². The molecule has 0 spiro atoms. The highest BCUT2D eigenvalue weighted by molar-refractivity contribution is 5.95. The zero-order valence-electron chi connectivity index (χ0n) is 18.2. The van der Waals surface area contributed by atoms with E-state index in [-0.39, 0.29) is 11.9 Å². The Hall–Kier alpha value is -2.93. The number of hydrogen-bond donors (Lipinski definition) is 2. The van der Waals surface area contributed by atoms with Crippen LogP contribution in [0.1, 0.15) is 55.1 Å². The van der Waals surface area contributed by atoms with Crippen LogP contribution in [0.2, 0.25) is 0 Å². The Kier molecular flexibility index (Phi) is 5.71. The first-order valence-corrected chi connectivity index (χ1v) is 10.8. The number of amides is 2. The number of piperidine rings is 1. The second-order valence-corrected chi connectivity index (χ2v) is 8.90. The first-order chi connectivity index (χ1) is 14.8. The Morgan fingerprint density at radius 3 is 2.55 bits per heavy atom. The summed E-state index contributed by atoms with van der Waals surface area (Å²) in [5.74, 6) is 0.176. The van der Waals surface area contributed by atoms with Crippen molar-refractivity contribution in [3.63, 3.8) is 0 Å².